The van der Waals surface area contributed by atoms with Crippen LogP contribution in [-0.2, 0) is 6.54 Å². The van der Waals surface area contributed by atoms with Crippen molar-refractivity contribution in [3.8, 4) is 17.1 Å². The molecule has 3 aromatic heterocycles. The molecule has 6 nitrogen and oxygen atoms in total. The summed E-state index contributed by atoms with van der Waals surface area (Å²) in [7, 11) is 0. The Bertz CT molecular complexity index is 1120. The molecule has 8 heteroatoms. The molecule has 0 aliphatic heterocycles. The molecule has 4 aromatic rings. The van der Waals surface area contributed by atoms with Crippen LogP contribution >= 0.6 is 11.6 Å². The third-order valence-electron chi connectivity index (χ3n) is 3.99. The van der Waals surface area contributed by atoms with Crippen molar-refractivity contribution in [2.75, 3.05) is 5.88 Å². The Labute approximate surface area is 152 Å². The van der Waals surface area contributed by atoms with Gasteiger partial charge in [0.05, 0.1) is 11.9 Å². The molecule has 0 saturated heterocycles. The maximum atomic E-state index is 13.2. The van der Waals surface area contributed by atoms with Gasteiger partial charge in [0, 0.05) is 30.4 Å². The number of alkyl halides is 1. The topological polar surface area (TPSA) is 65.6 Å². The summed E-state index contributed by atoms with van der Waals surface area (Å²) in [6.45, 7) is 0.315. The molecule has 1 aromatic carbocycles. The van der Waals surface area contributed by atoms with E-state index in [1.54, 1.807) is 30.6 Å². The van der Waals surface area contributed by atoms with E-state index >= 15 is 0 Å². The van der Waals surface area contributed by atoms with Crippen molar-refractivity contribution in [1.29, 1.82) is 0 Å². The summed E-state index contributed by atoms with van der Waals surface area (Å²) in [6, 6.07) is 9.42. The minimum Gasteiger partial charge on any atom is -0.291 e. The van der Waals surface area contributed by atoms with Gasteiger partial charge in [0.15, 0.2) is 5.65 Å². The first-order chi connectivity index (χ1) is 12.7. The van der Waals surface area contributed by atoms with Gasteiger partial charge in [0.25, 0.3) is 5.56 Å². The molecule has 0 radical (unpaired) electrons. The Balaban J connectivity index is 2.00. The lowest BCUT2D eigenvalue weighted by atomic mass is 10.2. The van der Waals surface area contributed by atoms with Crippen molar-refractivity contribution < 1.29 is 4.39 Å². The van der Waals surface area contributed by atoms with Crippen LogP contribution in [0.4, 0.5) is 4.39 Å². The summed E-state index contributed by atoms with van der Waals surface area (Å²) in [5.74, 6) is 0.380. The highest BCUT2D eigenvalue weighted by molar-refractivity contribution is 6.17. The Kier molecular flexibility index (Phi) is 4.22. The van der Waals surface area contributed by atoms with E-state index in [0.29, 0.717) is 34.7 Å². The number of benzene rings is 1. The summed E-state index contributed by atoms with van der Waals surface area (Å²) in [5, 5.41) is 4.63. The maximum Gasteiger partial charge on any atom is 0.264 e. The zero-order valence-electron chi connectivity index (χ0n) is 13.5. The van der Waals surface area contributed by atoms with Crippen molar-refractivity contribution in [2.24, 2.45) is 0 Å². The fraction of sp³-hybridized carbons (Fsp3) is 0.111. The molecule has 0 spiro atoms. The number of hydrogen-bond acceptors (Lipinski definition) is 4. The lowest BCUT2D eigenvalue weighted by Gasteiger charge is -2.11. The van der Waals surface area contributed by atoms with Crippen LogP contribution in [0.15, 0.2) is 59.8 Å². The summed E-state index contributed by atoms with van der Waals surface area (Å²) in [5.41, 5.74) is 1.47. The van der Waals surface area contributed by atoms with Crippen LogP contribution in [0.1, 0.15) is 0 Å². The second-order valence-corrected chi connectivity index (χ2v) is 5.97. The zero-order chi connectivity index (χ0) is 18.1. The molecule has 26 heavy (non-hydrogen) atoms. The lowest BCUT2D eigenvalue weighted by molar-refractivity contribution is 0.627. The first-order valence-corrected chi connectivity index (χ1v) is 8.43. The summed E-state index contributed by atoms with van der Waals surface area (Å²) < 4.78 is 16.2. The molecule has 0 bridgehead atoms. The Hall–Kier alpha value is -3.06. The SMILES string of the molecule is O=c1c2cnn(-c3ccc(F)cc3)c2nc(-c2cccnc2)n1CCCl. The van der Waals surface area contributed by atoms with Gasteiger partial charge in [-0.3, -0.25) is 14.3 Å². The first kappa shape index (κ1) is 16.4. The number of aromatic nitrogens is 5. The minimum atomic E-state index is -0.348. The predicted octanol–water partition coefficient (Wildman–Crippen LogP) is 3.02. The number of pyridine rings is 1. The van der Waals surface area contributed by atoms with Crippen LogP contribution in [0, 0.1) is 5.82 Å². The van der Waals surface area contributed by atoms with Crippen LogP contribution in [0.5, 0.6) is 0 Å². The van der Waals surface area contributed by atoms with Gasteiger partial charge in [0.2, 0.25) is 0 Å². The van der Waals surface area contributed by atoms with Crippen molar-refractivity contribution in [2.45, 2.75) is 6.54 Å². The van der Waals surface area contributed by atoms with Crippen molar-refractivity contribution in [1.82, 2.24) is 24.3 Å². The zero-order valence-corrected chi connectivity index (χ0v) is 14.3. The number of nitrogens with zero attached hydrogens (tertiary/aromatic N) is 5. The van der Waals surface area contributed by atoms with Gasteiger partial charge in [-0.25, -0.2) is 14.1 Å². The molecule has 0 fully saturated rings. The van der Waals surface area contributed by atoms with Crippen molar-refractivity contribution >= 4 is 22.6 Å². The second kappa shape index (κ2) is 6.68. The molecular formula is C18H13ClFN5O. The van der Waals surface area contributed by atoms with Crippen LogP contribution < -0.4 is 5.56 Å². The van der Waals surface area contributed by atoms with E-state index in [4.69, 9.17) is 11.6 Å². The number of halogens is 2. The monoisotopic (exact) mass is 369 g/mol. The van der Waals surface area contributed by atoms with E-state index < -0.39 is 0 Å². The first-order valence-electron chi connectivity index (χ1n) is 7.90. The van der Waals surface area contributed by atoms with E-state index in [2.05, 4.69) is 15.1 Å². The molecule has 0 atom stereocenters. The number of fused-ring (bicyclic) bond motifs is 1. The average Bonchev–Trinajstić information content (AvgIpc) is 3.09. The minimum absolute atomic E-state index is 0.233. The highest BCUT2D eigenvalue weighted by Crippen LogP contribution is 2.20. The molecule has 0 aliphatic rings. The Morgan fingerprint density at radius 2 is 1.92 bits per heavy atom. The molecule has 0 saturated carbocycles. The quantitative estimate of drug-likeness (QED) is 0.519. The molecule has 0 amide bonds. The molecular weight excluding hydrogens is 357 g/mol. The fourth-order valence-corrected chi connectivity index (χ4v) is 2.95. The van der Waals surface area contributed by atoms with Crippen molar-refractivity contribution in [3.05, 3.63) is 71.2 Å². The average molecular weight is 370 g/mol. The normalized spacial score (nSPS) is 11.2. The fourth-order valence-electron chi connectivity index (χ4n) is 2.78. The largest absolute Gasteiger partial charge is 0.291 e. The predicted molar refractivity (Wildman–Crippen MR) is 97.0 cm³/mol. The molecule has 130 valence electrons. The van der Waals surface area contributed by atoms with Gasteiger partial charge in [-0.1, -0.05) is 0 Å². The summed E-state index contributed by atoms with van der Waals surface area (Å²) >= 11 is 5.88. The standard InChI is InChI=1S/C18H13ClFN5O/c19-7-9-24-16(12-2-1-8-21-10-12)23-17-15(18(24)26)11-22-25(17)14-5-3-13(20)4-6-14/h1-6,8,10-11H,7,9H2. The highest BCUT2D eigenvalue weighted by Gasteiger charge is 2.17. The smallest absolute Gasteiger partial charge is 0.264 e. The third kappa shape index (κ3) is 2.76. The molecule has 0 aliphatic carbocycles. The van der Waals surface area contributed by atoms with E-state index in [9.17, 15) is 9.18 Å². The van der Waals surface area contributed by atoms with E-state index in [-0.39, 0.29) is 17.3 Å². The van der Waals surface area contributed by atoms with Gasteiger partial charge in [0.1, 0.15) is 17.0 Å². The van der Waals surface area contributed by atoms with Gasteiger partial charge in [-0.15, -0.1) is 11.6 Å². The van der Waals surface area contributed by atoms with Crippen LogP contribution in [0.2, 0.25) is 0 Å². The maximum absolute atomic E-state index is 13.2. The van der Waals surface area contributed by atoms with Gasteiger partial charge < -0.3 is 0 Å². The Morgan fingerprint density at radius 3 is 2.62 bits per heavy atom. The number of rotatable bonds is 4. The number of hydrogen-bond donors (Lipinski definition) is 0. The third-order valence-corrected chi connectivity index (χ3v) is 4.15. The lowest BCUT2D eigenvalue weighted by Crippen LogP contribution is -2.24. The molecule has 3 heterocycles. The van der Waals surface area contributed by atoms with Gasteiger partial charge in [-0.05, 0) is 36.4 Å². The summed E-state index contributed by atoms with van der Waals surface area (Å²) in [6.07, 6.45) is 4.75. The van der Waals surface area contributed by atoms with E-state index in [1.165, 1.54) is 27.6 Å². The van der Waals surface area contributed by atoms with E-state index in [1.807, 2.05) is 6.07 Å². The highest BCUT2D eigenvalue weighted by atomic mass is 35.5. The van der Waals surface area contributed by atoms with Gasteiger partial charge in [-0.2, -0.15) is 5.10 Å². The Morgan fingerprint density at radius 1 is 1.12 bits per heavy atom. The van der Waals surface area contributed by atoms with Crippen molar-refractivity contribution in [3.63, 3.8) is 0 Å². The molecule has 0 N–H and O–H groups in total. The molecule has 4 rings (SSSR count). The van der Waals surface area contributed by atoms with E-state index in [0.717, 1.165) is 0 Å². The van der Waals surface area contributed by atoms with Gasteiger partial charge >= 0.3 is 0 Å². The summed E-state index contributed by atoms with van der Waals surface area (Å²) in [4.78, 5) is 21.7. The van der Waals surface area contributed by atoms with Crippen LogP contribution in [-0.4, -0.2) is 30.2 Å². The van der Waals surface area contributed by atoms with Crippen LogP contribution in [0.3, 0.4) is 0 Å². The van der Waals surface area contributed by atoms with Crippen LogP contribution in [0.25, 0.3) is 28.1 Å². The molecule has 0 unspecified atom stereocenters. The second-order valence-electron chi connectivity index (χ2n) is 5.59.